The summed E-state index contributed by atoms with van der Waals surface area (Å²) in [5, 5.41) is 23.2. The second kappa shape index (κ2) is 58.6. The summed E-state index contributed by atoms with van der Waals surface area (Å²) in [6, 6.07) is -0.640. The summed E-state index contributed by atoms with van der Waals surface area (Å²) in [6.07, 6.45) is 73.1. The lowest BCUT2D eigenvalue weighted by atomic mass is 10.0. The van der Waals surface area contributed by atoms with Gasteiger partial charge in [-0.25, -0.2) is 0 Å². The Kier molecular flexibility index (Phi) is 57.0. The Morgan fingerprint density at radius 2 is 0.725 bits per heavy atom. The van der Waals surface area contributed by atoms with Crippen LogP contribution in [0.2, 0.25) is 0 Å². The molecule has 0 saturated carbocycles. The third kappa shape index (κ3) is 55.2. The monoisotopic (exact) mass is 970 g/mol. The molecule has 6 heteroatoms. The zero-order chi connectivity index (χ0) is 50.0. The number of rotatable bonds is 57. The van der Waals surface area contributed by atoms with E-state index < -0.39 is 12.1 Å². The fourth-order valence-corrected chi connectivity index (χ4v) is 9.43. The molecule has 0 fully saturated rings. The maximum Gasteiger partial charge on any atom is 0.305 e. The average Bonchev–Trinajstić information content (AvgIpc) is 3.35. The van der Waals surface area contributed by atoms with Gasteiger partial charge in [-0.1, -0.05) is 288 Å². The first-order valence-electron chi connectivity index (χ1n) is 30.8. The molecule has 0 heterocycles. The molecule has 1 amide bonds. The molecule has 0 saturated heterocycles. The van der Waals surface area contributed by atoms with E-state index in [0.29, 0.717) is 19.4 Å². The first-order valence-corrected chi connectivity index (χ1v) is 30.8. The van der Waals surface area contributed by atoms with Crippen molar-refractivity contribution in [2.75, 3.05) is 13.2 Å². The van der Waals surface area contributed by atoms with Crippen LogP contribution < -0.4 is 5.32 Å². The number of hydrogen-bond acceptors (Lipinski definition) is 5. The number of aliphatic hydroxyl groups excluding tert-OH is 2. The van der Waals surface area contributed by atoms with Crippen molar-refractivity contribution >= 4 is 11.9 Å². The molecule has 0 aliphatic rings. The molecule has 0 aromatic rings. The SMILES string of the molecule is CCCCCC/C=C\C/C=C\CCCCCCCC(=O)OCCCCCCCCCCCCCCCC(=O)NC(CO)C(O)/C=C/CCCCCCCCCCCCCCCCCCCCCCC. The van der Waals surface area contributed by atoms with E-state index in [1.165, 1.54) is 238 Å². The molecule has 0 spiro atoms. The molecule has 0 aliphatic heterocycles. The number of allylic oxidation sites excluding steroid dienone is 5. The molecular formula is C63H119NO5. The van der Waals surface area contributed by atoms with Gasteiger partial charge in [-0.15, -0.1) is 0 Å². The largest absolute Gasteiger partial charge is 0.466 e. The van der Waals surface area contributed by atoms with Gasteiger partial charge in [0.2, 0.25) is 5.91 Å². The van der Waals surface area contributed by atoms with Crippen LogP contribution in [0.3, 0.4) is 0 Å². The van der Waals surface area contributed by atoms with Crippen LogP contribution in [0.15, 0.2) is 36.5 Å². The van der Waals surface area contributed by atoms with Crippen LogP contribution >= 0.6 is 0 Å². The molecule has 2 atom stereocenters. The predicted molar refractivity (Wildman–Crippen MR) is 301 cm³/mol. The number of amides is 1. The quantitative estimate of drug-likeness (QED) is 0.0321. The van der Waals surface area contributed by atoms with Crippen molar-refractivity contribution in [2.24, 2.45) is 0 Å². The highest BCUT2D eigenvalue weighted by Gasteiger charge is 2.18. The molecule has 406 valence electrons. The van der Waals surface area contributed by atoms with Crippen molar-refractivity contribution in [3.8, 4) is 0 Å². The Hall–Kier alpha value is -1.92. The summed E-state index contributed by atoms with van der Waals surface area (Å²) >= 11 is 0. The second-order valence-electron chi connectivity index (χ2n) is 21.0. The predicted octanol–water partition coefficient (Wildman–Crippen LogP) is 19.2. The van der Waals surface area contributed by atoms with Gasteiger partial charge in [0.25, 0.3) is 0 Å². The van der Waals surface area contributed by atoms with Crippen LogP contribution in [0.5, 0.6) is 0 Å². The highest BCUT2D eigenvalue weighted by atomic mass is 16.5. The van der Waals surface area contributed by atoms with Gasteiger partial charge in [-0.3, -0.25) is 9.59 Å². The molecular weight excluding hydrogens is 851 g/mol. The first-order chi connectivity index (χ1) is 34.0. The standard InChI is InChI=1S/C63H119NO5/c1-3-5-7-9-11-13-15-17-19-21-22-23-24-25-26-27-28-31-35-39-43-47-51-55-61(66)60(59-65)64-62(67)56-52-48-44-40-36-32-30-34-38-42-46-50-54-58-69-63(68)57-53-49-45-41-37-33-29-20-18-16-14-12-10-8-6-4-2/h14,16,20,29,51,55,60-61,65-66H,3-13,15,17-19,21-28,30-50,52-54,56-59H2,1-2H3,(H,64,67)/b16-14-,29-20-,55-51+. The number of unbranched alkanes of at least 4 members (excludes halogenated alkanes) is 42. The zero-order valence-electron chi connectivity index (χ0n) is 46.3. The molecule has 0 aromatic heterocycles. The van der Waals surface area contributed by atoms with Gasteiger partial charge < -0.3 is 20.3 Å². The van der Waals surface area contributed by atoms with E-state index >= 15 is 0 Å². The minimum absolute atomic E-state index is 0.0198. The summed E-state index contributed by atoms with van der Waals surface area (Å²) in [6.45, 7) is 4.87. The van der Waals surface area contributed by atoms with Crippen molar-refractivity contribution in [3.63, 3.8) is 0 Å². The van der Waals surface area contributed by atoms with E-state index in [1.807, 2.05) is 6.08 Å². The van der Waals surface area contributed by atoms with Crippen molar-refractivity contribution < 1.29 is 24.5 Å². The molecule has 0 bridgehead atoms. The maximum absolute atomic E-state index is 12.5. The molecule has 0 radical (unpaired) electrons. The summed E-state index contributed by atoms with van der Waals surface area (Å²) in [4.78, 5) is 24.6. The highest BCUT2D eigenvalue weighted by molar-refractivity contribution is 5.76. The van der Waals surface area contributed by atoms with Crippen LogP contribution in [0.25, 0.3) is 0 Å². The fraction of sp³-hybridized carbons (Fsp3) is 0.873. The van der Waals surface area contributed by atoms with Gasteiger partial charge in [0.1, 0.15) is 0 Å². The van der Waals surface area contributed by atoms with Gasteiger partial charge in [-0.05, 0) is 64.2 Å². The summed E-state index contributed by atoms with van der Waals surface area (Å²) in [5.41, 5.74) is 0. The molecule has 0 aliphatic carbocycles. The molecule has 0 aromatic carbocycles. The van der Waals surface area contributed by atoms with Crippen LogP contribution in [0.4, 0.5) is 0 Å². The summed E-state index contributed by atoms with van der Waals surface area (Å²) in [7, 11) is 0. The lowest BCUT2D eigenvalue weighted by Gasteiger charge is -2.20. The minimum atomic E-state index is -0.855. The van der Waals surface area contributed by atoms with Gasteiger partial charge >= 0.3 is 5.97 Å². The van der Waals surface area contributed by atoms with E-state index in [4.69, 9.17) is 4.74 Å². The Morgan fingerprint density at radius 1 is 0.406 bits per heavy atom. The lowest BCUT2D eigenvalue weighted by molar-refractivity contribution is -0.143. The van der Waals surface area contributed by atoms with E-state index in [9.17, 15) is 19.8 Å². The highest BCUT2D eigenvalue weighted by Crippen LogP contribution is 2.17. The fourth-order valence-electron chi connectivity index (χ4n) is 9.43. The minimum Gasteiger partial charge on any atom is -0.466 e. The van der Waals surface area contributed by atoms with Crippen molar-refractivity contribution in [1.82, 2.24) is 5.32 Å². The van der Waals surface area contributed by atoms with Gasteiger partial charge in [0.05, 0.1) is 25.4 Å². The summed E-state index contributed by atoms with van der Waals surface area (Å²) in [5.74, 6) is -0.0987. The van der Waals surface area contributed by atoms with Crippen LogP contribution in [-0.4, -0.2) is 47.4 Å². The van der Waals surface area contributed by atoms with Crippen LogP contribution in [0.1, 0.15) is 328 Å². The number of carbonyl (C=O) groups is 2. The molecule has 69 heavy (non-hydrogen) atoms. The maximum atomic E-state index is 12.5. The number of hydrogen-bond donors (Lipinski definition) is 3. The smallest absolute Gasteiger partial charge is 0.305 e. The normalized spacial score (nSPS) is 12.8. The molecule has 3 N–H and O–H groups in total. The van der Waals surface area contributed by atoms with Crippen molar-refractivity contribution in [3.05, 3.63) is 36.5 Å². The Bertz CT molecular complexity index is 1120. The van der Waals surface area contributed by atoms with E-state index in [1.54, 1.807) is 6.08 Å². The van der Waals surface area contributed by atoms with Gasteiger partial charge in [0, 0.05) is 12.8 Å². The Labute approximate surface area is 430 Å². The summed E-state index contributed by atoms with van der Waals surface area (Å²) < 4.78 is 5.47. The third-order valence-electron chi connectivity index (χ3n) is 14.2. The lowest BCUT2D eigenvalue weighted by Crippen LogP contribution is -2.45. The number of esters is 1. The average molecular weight is 971 g/mol. The van der Waals surface area contributed by atoms with Crippen LogP contribution in [-0.2, 0) is 14.3 Å². The van der Waals surface area contributed by atoms with Gasteiger partial charge in [0.15, 0.2) is 0 Å². The van der Waals surface area contributed by atoms with E-state index in [-0.39, 0.29) is 18.5 Å². The Morgan fingerprint density at radius 3 is 1.12 bits per heavy atom. The number of ether oxygens (including phenoxy) is 1. The van der Waals surface area contributed by atoms with E-state index in [0.717, 1.165) is 64.2 Å². The van der Waals surface area contributed by atoms with Crippen molar-refractivity contribution in [2.45, 2.75) is 341 Å². The molecule has 2 unspecified atom stereocenters. The topological polar surface area (TPSA) is 95.9 Å². The number of aliphatic hydroxyl groups is 2. The Balaban J connectivity index is 3.49. The van der Waals surface area contributed by atoms with Crippen molar-refractivity contribution in [1.29, 1.82) is 0 Å². The van der Waals surface area contributed by atoms with E-state index in [2.05, 4.69) is 43.5 Å². The third-order valence-corrected chi connectivity index (χ3v) is 14.2. The molecule has 0 rings (SSSR count). The zero-order valence-corrected chi connectivity index (χ0v) is 46.3. The second-order valence-corrected chi connectivity index (χ2v) is 21.0. The first kappa shape index (κ1) is 67.1. The number of nitrogens with one attached hydrogen (secondary N) is 1. The van der Waals surface area contributed by atoms with Crippen LogP contribution in [0, 0.1) is 0 Å². The number of carbonyl (C=O) groups excluding carboxylic acids is 2. The molecule has 6 nitrogen and oxygen atoms in total. The van der Waals surface area contributed by atoms with Gasteiger partial charge in [-0.2, -0.15) is 0 Å².